The molecule has 134 valence electrons. The van der Waals surface area contributed by atoms with Crippen LogP contribution in [-0.4, -0.2) is 43.3 Å². The summed E-state index contributed by atoms with van der Waals surface area (Å²) < 4.78 is 10.9. The molecular formula is C19H29NO4. The second-order valence-electron chi connectivity index (χ2n) is 6.75. The Morgan fingerprint density at radius 3 is 2.62 bits per heavy atom. The third kappa shape index (κ3) is 5.49. The van der Waals surface area contributed by atoms with E-state index in [1.165, 1.54) is 39.7 Å². The number of aliphatic hydroxyl groups is 1. The lowest BCUT2D eigenvalue weighted by Gasteiger charge is -2.27. The molecule has 0 bridgehead atoms. The standard InChI is InChI=1S/C19H29NO4/c1-13-4-7-16(8-5-13)20-11-17(22)12-24-18-9-6-15(14(2)21)10-19(18)23-3/h6,9-10,13,16-17,20,22H,4-5,7-8,11-12H2,1-3H3/t13?,16?,17-/m0/s1. The molecule has 0 amide bonds. The van der Waals surface area contributed by atoms with E-state index >= 15 is 0 Å². The zero-order valence-electron chi connectivity index (χ0n) is 14.9. The first kappa shape index (κ1) is 18.7. The van der Waals surface area contributed by atoms with Crippen molar-refractivity contribution in [3.63, 3.8) is 0 Å². The van der Waals surface area contributed by atoms with Gasteiger partial charge in [-0.25, -0.2) is 0 Å². The molecule has 1 aromatic carbocycles. The molecular weight excluding hydrogens is 306 g/mol. The van der Waals surface area contributed by atoms with Crippen molar-refractivity contribution in [3.8, 4) is 11.5 Å². The summed E-state index contributed by atoms with van der Waals surface area (Å²) in [6.45, 7) is 4.51. The Hall–Kier alpha value is -1.59. The van der Waals surface area contributed by atoms with Crippen LogP contribution in [-0.2, 0) is 0 Å². The largest absolute Gasteiger partial charge is 0.493 e. The van der Waals surface area contributed by atoms with Crippen LogP contribution in [0.4, 0.5) is 0 Å². The van der Waals surface area contributed by atoms with E-state index in [4.69, 9.17) is 9.47 Å². The first-order valence-electron chi connectivity index (χ1n) is 8.72. The lowest BCUT2D eigenvalue weighted by molar-refractivity contribution is 0.0986. The van der Waals surface area contributed by atoms with Crippen LogP contribution in [0.1, 0.15) is 49.9 Å². The predicted octanol–water partition coefficient (Wildman–Crippen LogP) is 2.81. The molecule has 1 aliphatic rings. The van der Waals surface area contributed by atoms with Gasteiger partial charge in [0, 0.05) is 18.2 Å². The van der Waals surface area contributed by atoms with E-state index in [-0.39, 0.29) is 12.4 Å². The summed E-state index contributed by atoms with van der Waals surface area (Å²) in [5.74, 6) is 1.84. The number of aliphatic hydroxyl groups excluding tert-OH is 1. The van der Waals surface area contributed by atoms with Crippen LogP contribution in [0.25, 0.3) is 0 Å². The Morgan fingerprint density at radius 1 is 1.29 bits per heavy atom. The Bertz CT molecular complexity index is 538. The van der Waals surface area contributed by atoms with E-state index in [0.717, 1.165) is 5.92 Å². The lowest BCUT2D eigenvalue weighted by Crippen LogP contribution is -2.39. The molecule has 0 spiro atoms. The number of nitrogens with one attached hydrogen (secondary N) is 1. The second-order valence-corrected chi connectivity index (χ2v) is 6.75. The number of benzene rings is 1. The molecule has 0 radical (unpaired) electrons. The summed E-state index contributed by atoms with van der Waals surface area (Å²) in [4.78, 5) is 11.4. The van der Waals surface area contributed by atoms with Gasteiger partial charge in [0.25, 0.3) is 0 Å². The van der Waals surface area contributed by atoms with Crippen LogP contribution in [0, 0.1) is 5.92 Å². The van der Waals surface area contributed by atoms with Crippen molar-refractivity contribution in [2.75, 3.05) is 20.3 Å². The van der Waals surface area contributed by atoms with Gasteiger partial charge in [0.15, 0.2) is 17.3 Å². The average molecular weight is 335 g/mol. The van der Waals surface area contributed by atoms with Crippen LogP contribution in [0.2, 0.25) is 0 Å². The maximum atomic E-state index is 11.4. The van der Waals surface area contributed by atoms with Gasteiger partial charge in [0.2, 0.25) is 0 Å². The lowest BCUT2D eigenvalue weighted by atomic mass is 9.87. The fourth-order valence-electron chi connectivity index (χ4n) is 3.02. The van der Waals surface area contributed by atoms with Crippen LogP contribution in [0.15, 0.2) is 18.2 Å². The number of ketones is 1. The van der Waals surface area contributed by atoms with Crippen molar-refractivity contribution in [1.29, 1.82) is 0 Å². The molecule has 1 fully saturated rings. The molecule has 0 aliphatic heterocycles. The minimum absolute atomic E-state index is 0.0223. The molecule has 2 N–H and O–H groups in total. The smallest absolute Gasteiger partial charge is 0.161 e. The maximum Gasteiger partial charge on any atom is 0.161 e. The summed E-state index contributed by atoms with van der Waals surface area (Å²) in [6, 6.07) is 5.57. The third-order valence-electron chi connectivity index (χ3n) is 4.66. The molecule has 1 saturated carbocycles. The number of Topliss-reactive ketones (excluding diaryl/α,β-unsaturated/α-hetero) is 1. The monoisotopic (exact) mass is 335 g/mol. The molecule has 1 atom stereocenters. The van der Waals surface area contributed by atoms with E-state index in [1.54, 1.807) is 18.2 Å². The van der Waals surface area contributed by atoms with E-state index in [2.05, 4.69) is 12.2 Å². The van der Waals surface area contributed by atoms with Gasteiger partial charge in [-0.1, -0.05) is 6.92 Å². The fourth-order valence-corrected chi connectivity index (χ4v) is 3.02. The first-order valence-corrected chi connectivity index (χ1v) is 8.72. The number of carbonyl (C=O) groups excluding carboxylic acids is 1. The van der Waals surface area contributed by atoms with Gasteiger partial charge in [0.05, 0.1) is 7.11 Å². The van der Waals surface area contributed by atoms with Gasteiger partial charge < -0.3 is 19.9 Å². The highest BCUT2D eigenvalue weighted by atomic mass is 16.5. The Morgan fingerprint density at radius 2 is 2.00 bits per heavy atom. The van der Waals surface area contributed by atoms with Crippen LogP contribution < -0.4 is 14.8 Å². The summed E-state index contributed by atoms with van der Waals surface area (Å²) in [5.41, 5.74) is 0.577. The van der Waals surface area contributed by atoms with Gasteiger partial charge >= 0.3 is 0 Å². The van der Waals surface area contributed by atoms with Crippen LogP contribution in [0.3, 0.4) is 0 Å². The minimum atomic E-state index is -0.582. The Balaban J connectivity index is 1.78. The molecule has 0 aromatic heterocycles. The zero-order chi connectivity index (χ0) is 17.5. The Labute approximate surface area is 144 Å². The minimum Gasteiger partial charge on any atom is -0.493 e. The van der Waals surface area contributed by atoms with Gasteiger partial charge in [-0.2, -0.15) is 0 Å². The summed E-state index contributed by atoms with van der Waals surface area (Å²) in [5, 5.41) is 13.5. The first-order chi connectivity index (χ1) is 11.5. The molecule has 0 saturated heterocycles. The summed E-state index contributed by atoms with van der Waals surface area (Å²) in [7, 11) is 1.54. The number of hydrogen-bond donors (Lipinski definition) is 2. The van der Waals surface area contributed by atoms with Gasteiger partial charge in [0.1, 0.15) is 12.7 Å². The second kappa shape index (κ2) is 9.04. The molecule has 5 heteroatoms. The molecule has 5 nitrogen and oxygen atoms in total. The highest BCUT2D eigenvalue weighted by Crippen LogP contribution is 2.28. The van der Waals surface area contributed by atoms with Crippen molar-refractivity contribution in [2.45, 2.75) is 51.7 Å². The summed E-state index contributed by atoms with van der Waals surface area (Å²) in [6.07, 6.45) is 4.28. The molecule has 2 rings (SSSR count). The van der Waals surface area contributed by atoms with E-state index in [0.29, 0.717) is 29.6 Å². The van der Waals surface area contributed by atoms with Gasteiger partial charge in [-0.05, 0) is 56.7 Å². The number of rotatable bonds is 8. The van der Waals surface area contributed by atoms with Crippen molar-refractivity contribution in [1.82, 2.24) is 5.32 Å². The number of carbonyl (C=O) groups is 1. The van der Waals surface area contributed by atoms with Crippen LogP contribution in [0.5, 0.6) is 11.5 Å². The van der Waals surface area contributed by atoms with Gasteiger partial charge in [-0.15, -0.1) is 0 Å². The molecule has 1 aromatic rings. The fraction of sp³-hybridized carbons (Fsp3) is 0.632. The van der Waals surface area contributed by atoms with E-state index in [1.807, 2.05) is 0 Å². The number of ether oxygens (including phenoxy) is 2. The average Bonchev–Trinajstić information content (AvgIpc) is 2.59. The van der Waals surface area contributed by atoms with Crippen molar-refractivity contribution in [2.24, 2.45) is 5.92 Å². The number of methoxy groups -OCH3 is 1. The van der Waals surface area contributed by atoms with E-state index < -0.39 is 6.10 Å². The zero-order valence-corrected chi connectivity index (χ0v) is 14.9. The topological polar surface area (TPSA) is 67.8 Å². The number of hydrogen-bond acceptors (Lipinski definition) is 5. The quantitative estimate of drug-likeness (QED) is 0.715. The molecule has 0 heterocycles. The highest BCUT2D eigenvalue weighted by Gasteiger charge is 2.19. The highest BCUT2D eigenvalue weighted by molar-refractivity contribution is 5.94. The molecule has 24 heavy (non-hydrogen) atoms. The third-order valence-corrected chi connectivity index (χ3v) is 4.66. The van der Waals surface area contributed by atoms with E-state index in [9.17, 15) is 9.90 Å². The molecule has 1 aliphatic carbocycles. The van der Waals surface area contributed by atoms with Crippen molar-refractivity contribution >= 4 is 5.78 Å². The Kier molecular flexibility index (Phi) is 7.06. The van der Waals surface area contributed by atoms with Crippen molar-refractivity contribution < 1.29 is 19.4 Å². The molecule has 0 unspecified atom stereocenters. The maximum absolute atomic E-state index is 11.4. The normalized spacial score (nSPS) is 22.0. The summed E-state index contributed by atoms with van der Waals surface area (Å²) >= 11 is 0. The van der Waals surface area contributed by atoms with Crippen LogP contribution >= 0.6 is 0 Å². The van der Waals surface area contributed by atoms with Crippen molar-refractivity contribution in [3.05, 3.63) is 23.8 Å². The SMILES string of the molecule is COc1cc(C(C)=O)ccc1OC[C@@H](O)CNC1CCC(C)CC1. The predicted molar refractivity (Wildman–Crippen MR) is 93.9 cm³/mol. The van der Waals surface area contributed by atoms with Gasteiger partial charge in [-0.3, -0.25) is 4.79 Å².